The Kier molecular flexibility index (Phi) is 5.71. The molecule has 7 nitrogen and oxygen atoms in total. The fraction of sp³-hybridized carbons (Fsp3) is 0.364. The van der Waals surface area contributed by atoms with Gasteiger partial charge in [0.05, 0.1) is 23.4 Å². The van der Waals surface area contributed by atoms with Gasteiger partial charge in [-0.15, -0.1) is 0 Å². The molecule has 1 saturated heterocycles. The van der Waals surface area contributed by atoms with Crippen molar-refractivity contribution >= 4 is 32.6 Å². The van der Waals surface area contributed by atoms with Crippen LogP contribution in [0.5, 0.6) is 11.5 Å². The summed E-state index contributed by atoms with van der Waals surface area (Å²) in [6.45, 7) is 4.81. The molecule has 3 heterocycles. The lowest BCUT2D eigenvalue weighted by Crippen LogP contribution is -2.39. The standard InChI is InChI=1S/C22H22FN3O4S/c23-16-3-4-17-20(13-16)31-22(24-17)26(7-1-6-25-8-10-28-11-9-25)21(27)15-2-5-18-19(12-15)30-14-29-18/h2-5,12-13H,1,6-11,14H2. The quantitative estimate of drug-likeness (QED) is 0.581. The molecule has 2 aromatic carbocycles. The molecule has 0 unspecified atom stereocenters. The third-order valence-corrected chi connectivity index (χ3v) is 6.44. The van der Waals surface area contributed by atoms with E-state index < -0.39 is 0 Å². The zero-order chi connectivity index (χ0) is 21.2. The Bertz CT molecular complexity index is 1100. The maximum atomic E-state index is 13.7. The molecule has 0 atom stereocenters. The smallest absolute Gasteiger partial charge is 0.260 e. The Balaban J connectivity index is 1.40. The number of carbonyl (C=O) groups excluding carboxylic acids is 1. The van der Waals surface area contributed by atoms with Gasteiger partial charge in [0, 0.05) is 31.7 Å². The van der Waals surface area contributed by atoms with Crippen LogP contribution in [-0.2, 0) is 4.74 Å². The first-order chi connectivity index (χ1) is 15.2. The van der Waals surface area contributed by atoms with Crippen molar-refractivity contribution in [2.75, 3.05) is 51.1 Å². The first-order valence-electron chi connectivity index (χ1n) is 10.2. The van der Waals surface area contributed by atoms with Crippen LogP contribution in [0.1, 0.15) is 16.8 Å². The normalized spacial score (nSPS) is 16.0. The van der Waals surface area contributed by atoms with E-state index in [0.717, 1.165) is 39.3 Å². The van der Waals surface area contributed by atoms with E-state index in [-0.39, 0.29) is 18.5 Å². The number of morpholine rings is 1. The number of ether oxygens (including phenoxy) is 3. The number of amides is 1. The summed E-state index contributed by atoms with van der Waals surface area (Å²) in [6.07, 6.45) is 0.792. The van der Waals surface area contributed by atoms with Crippen LogP contribution in [-0.4, -0.2) is 62.0 Å². The van der Waals surface area contributed by atoms with E-state index in [9.17, 15) is 9.18 Å². The van der Waals surface area contributed by atoms with Crippen molar-refractivity contribution < 1.29 is 23.4 Å². The highest BCUT2D eigenvalue weighted by molar-refractivity contribution is 7.22. The summed E-state index contributed by atoms with van der Waals surface area (Å²) in [7, 11) is 0. The fourth-order valence-electron chi connectivity index (χ4n) is 3.75. The van der Waals surface area contributed by atoms with Gasteiger partial charge in [-0.3, -0.25) is 14.6 Å². The van der Waals surface area contributed by atoms with Crippen molar-refractivity contribution in [3.63, 3.8) is 0 Å². The number of hydrogen-bond acceptors (Lipinski definition) is 7. The van der Waals surface area contributed by atoms with Crippen molar-refractivity contribution in [2.45, 2.75) is 6.42 Å². The molecular weight excluding hydrogens is 421 g/mol. The number of fused-ring (bicyclic) bond motifs is 2. The van der Waals surface area contributed by atoms with Gasteiger partial charge in [-0.25, -0.2) is 9.37 Å². The third-order valence-electron chi connectivity index (χ3n) is 5.39. The lowest BCUT2D eigenvalue weighted by atomic mass is 10.1. The number of rotatable bonds is 6. The van der Waals surface area contributed by atoms with E-state index in [2.05, 4.69) is 9.88 Å². The van der Waals surface area contributed by atoms with Crippen LogP contribution in [0.4, 0.5) is 9.52 Å². The number of halogens is 1. The Morgan fingerprint density at radius 1 is 1.13 bits per heavy atom. The fourth-order valence-corrected chi connectivity index (χ4v) is 4.76. The van der Waals surface area contributed by atoms with E-state index in [4.69, 9.17) is 14.2 Å². The van der Waals surface area contributed by atoms with E-state index in [0.29, 0.717) is 39.0 Å². The van der Waals surface area contributed by atoms with Crippen LogP contribution in [0.2, 0.25) is 0 Å². The van der Waals surface area contributed by atoms with Gasteiger partial charge in [0.1, 0.15) is 5.82 Å². The second-order valence-electron chi connectivity index (χ2n) is 7.44. The van der Waals surface area contributed by atoms with Crippen LogP contribution in [0.25, 0.3) is 10.2 Å². The lowest BCUT2D eigenvalue weighted by Gasteiger charge is -2.27. The molecule has 1 aromatic heterocycles. The van der Waals surface area contributed by atoms with Crippen LogP contribution in [0, 0.1) is 5.82 Å². The van der Waals surface area contributed by atoms with Crippen molar-refractivity contribution in [3.05, 3.63) is 47.8 Å². The Labute approximate surface area is 182 Å². The first kappa shape index (κ1) is 20.2. The molecule has 0 N–H and O–H groups in total. The molecule has 0 spiro atoms. The molecule has 5 rings (SSSR count). The molecule has 0 radical (unpaired) electrons. The second kappa shape index (κ2) is 8.78. The molecule has 0 saturated carbocycles. The summed E-state index contributed by atoms with van der Waals surface area (Å²) in [4.78, 5) is 22.1. The van der Waals surface area contributed by atoms with Gasteiger partial charge in [0.15, 0.2) is 16.6 Å². The predicted molar refractivity (Wildman–Crippen MR) is 116 cm³/mol. The topological polar surface area (TPSA) is 64.1 Å². The number of nitrogens with zero attached hydrogens (tertiary/aromatic N) is 3. The largest absolute Gasteiger partial charge is 0.454 e. The number of anilines is 1. The molecule has 1 fully saturated rings. The molecule has 31 heavy (non-hydrogen) atoms. The number of hydrogen-bond donors (Lipinski definition) is 0. The zero-order valence-electron chi connectivity index (χ0n) is 16.9. The number of benzene rings is 2. The molecule has 9 heteroatoms. The number of carbonyl (C=O) groups is 1. The molecule has 3 aromatic rings. The van der Waals surface area contributed by atoms with Gasteiger partial charge in [-0.2, -0.15) is 0 Å². The number of aromatic nitrogens is 1. The van der Waals surface area contributed by atoms with Crippen LogP contribution in [0.3, 0.4) is 0 Å². The van der Waals surface area contributed by atoms with Crippen LogP contribution in [0.15, 0.2) is 36.4 Å². The summed E-state index contributed by atoms with van der Waals surface area (Å²) >= 11 is 1.32. The van der Waals surface area contributed by atoms with Crippen LogP contribution >= 0.6 is 11.3 Å². The molecule has 1 amide bonds. The summed E-state index contributed by atoms with van der Waals surface area (Å²) < 4.78 is 30.6. The van der Waals surface area contributed by atoms with Gasteiger partial charge < -0.3 is 14.2 Å². The summed E-state index contributed by atoms with van der Waals surface area (Å²) in [6, 6.07) is 9.66. The van der Waals surface area contributed by atoms with Crippen molar-refractivity contribution in [2.24, 2.45) is 0 Å². The number of thiazole rings is 1. The summed E-state index contributed by atoms with van der Waals surface area (Å²) in [5.41, 5.74) is 1.18. The average molecular weight is 444 g/mol. The van der Waals surface area contributed by atoms with Crippen LogP contribution < -0.4 is 14.4 Å². The Morgan fingerprint density at radius 2 is 1.97 bits per heavy atom. The molecule has 2 aliphatic rings. The van der Waals surface area contributed by atoms with Crippen molar-refractivity contribution in [1.82, 2.24) is 9.88 Å². The highest BCUT2D eigenvalue weighted by Gasteiger charge is 2.24. The minimum atomic E-state index is -0.316. The minimum absolute atomic E-state index is 0.152. The van der Waals surface area contributed by atoms with Crippen molar-refractivity contribution in [1.29, 1.82) is 0 Å². The molecule has 0 aliphatic carbocycles. The highest BCUT2D eigenvalue weighted by Crippen LogP contribution is 2.34. The summed E-state index contributed by atoms with van der Waals surface area (Å²) in [5, 5.41) is 0.560. The third kappa shape index (κ3) is 4.34. The Morgan fingerprint density at radius 3 is 2.84 bits per heavy atom. The second-order valence-corrected chi connectivity index (χ2v) is 8.45. The van der Waals surface area contributed by atoms with E-state index in [1.165, 1.54) is 23.5 Å². The monoisotopic (exact) mass is 443 g/mol. The molecule has 162 valence electrons. The van der Waals surface area contributed by atoms with Gasteiger partial charge >= 0.3 is 0 Å². The predicted octanol–water partition coefficient (Wildman–Crippen LogP) is 3.53. The van der Waals surface area contributed by atoms with Gasteiger partial charge in [0.25, 0.3) is 5.91 Å². The molecular formula is C22H22FN3O4S. The van der Waals surface area contributed by atoms with E-state index in [1.807, 2.05) is 0 Å². The zero-order valence-corrected chi connectivity index (χ0v) is 17.7. The molecule has 0 bridgehead atoms. The van der Waals surface area contributed by atoms with E-state index >= 15 is 0 Å². The highest BCUT2D eigenvalue weighted by atomic mass is 32.1. The van der Waals surface area contributed by atoms with Crippen molar-refractivity contribution in [3.8, 4) is 11.5 Å². The summed E-state index contributed by atoms with van der Waals surface area (Å²) in [5.74, 6) is 0.708. The minimum Gasteiger partial charge on any atom is -0.454 e. The van der Waals surface area contributed by atoms with Gasteiger partial charge in [0.2, 0.25) is 6.79 Å². The maximum absolute atomic E-state index is 13.7. The lowest BCUT2D eigenvalue weighted by molar-refractivity contribution is 0.0376. The van der Waals surface area contributed by atoms with E-state index in [1.54, 1.807) is 29.2 Å². The first-order valence-corrected chi connectivity index (χ1v) is 11.1. The maximum Gasteiger partial charge on any atom is 0.260 e. The molecule has 2 aliphatic heterocycles. The average Bonchev–Trinajstić information content (AvgIpc) is 3.42. The SMILES string of the molecule is O=C(c1ccc2c(c1)OCO2)N(CCCN1CCOCC1)c1nc2ccc(F)cc2s1. The van der Waals surface area contributed by atoms with Gasteiger partial charge in [-0.05, 0) is 42.8 Å². The Hall–Kier alpha value is -2.75. The van der Waals surface area contributed by atoms with Gasteiger partial charge in [-0.1, -0.05) is 11.3 Å².